The maximum atomic E-state index is 13.3. The molecule has 1 spiro atoms. The topological polar surface area (TPSA) is 72.0 Å². The van der Waals surface area contributed by atoms with Crippen LogP contribution in [0, 0.1) is 5.41 Å². The molecule has 2 aromatic rings. The molecule has 2 saturated heterocycles. The molecule has 4 heterocycles. The summed E-state index contributed by atoms with van der Waals surface area (Å²) in [5.74, 6) is -1.44. The second-order valence-corrected chi connectivity index (χ2v) is 8.30. The maximum absolute atomic E-state index is 13.3. The lowest BCUT2D eigenvalue weighted by Gasteiger charge is -2.55. The molecule has 2 fully saturated rings. The first-order chi connectivity index (χ1) is 13.9. The van der Waals surface area contributed by atoms with Gasteiger partial charge in [0.2, 0.25) is 0 Å². The molecule has 1 atom stereocenters. The Morgan fingerprint density at radius 3 is 2.45 bits per heavy atom. The van der Waals surface area contributed by atoms with Gasteiger partial charge in [0, 0.05) is 51.8 Å². The molecule has 1 aromatic heterocycles. The summed E-state index contributed by atoms with van der Waals surface area (Å²) in [6, 6.07) is 13.3. The SMILES string of the molecule is CC1(C)OC(=O)C2(Cc3ccccc3N3CCN(c4ccccn4)CC32)C(=O)O1. The Morgan fingerprint density at radius 1 is 1.00 bits per heavy atom. The largest absolute Gasteiger partial charge is 0.422 e. The number of esters is 2. The number of hydrogen-bond acceptors (Lipinski definition) is 7. The number of nitrogens with zero attached hydrogens (tertiary/aromatic N) is 3. The van der Waals surface area contributed by atoms with Crippen molar-refractivity contribution in [3.63, 3.8) is 0 Å². The van der Waals surface area contributed by atoms with Crippen LogP contribution in [0.3, 0.4) is 0 Å². The Kier molecular flexibility index (Phi) is 3.84. The number of carbonyl (C=O) groups is 2. The zero-order chi connectivity index (χ0) is 20.2. The van der Waals surface area contributed by atoms with Gasteiger partial charge < -0.3 is 19.3 Å². The predicted octanol–water partition coefficient (Wildman–Crippen LogP) is 2.16. The average Bonchev–Trinajstić information content (AvgIpc) is 2.71. The fourth-order valence-corrected chi connectivity index (χ4v) is 4.75. The maximum Gasteiger partial charge on any atom is 0.329 e. The van der Waals surface area contributed by atoms with E-state index in [1.807, 2.05) is 36.4 Å². The van der Waals surface area contributed by atoms with E-state index in [1.165, 1.54) is 0 Å². The Labute approximate surface area is 169 Å². The molecule has 0 radical (unpaired) electrons. The van der Waals surface area contributed by atoms with Crippen LogP contribution >= 0.6 is 0 Å². The standard InChI is InChI=1S/C22H23N3O4/c1-21(2)28-19(26)22(20(27)29-21)13-15-7-3-4-8-16(15)25-12-11-24(14-17(22)25)18-9-5-6-10-23-18/h3-10,17H,11-14H2,1-2H3. The molecule has 0 bridgehead atoms. The molecule has 1 aromatic carbocycles. The third-order valence-corrected chi connectivity index (χ3v) is 6.10. The first-order valence-corrected chi connectivity index (χ1v) is 9.88. The Bertz CT molecular complexity index is 955. The first-order valence-electron chi connectivity index (χ1n) is 9.88. The fourth-order valence-electron chi connectivity index (χ4n) is 4.75. The monoisotopic (exact) mass is 393 g/mol. The summed E-state index contributed by atoms with van der Waals surface area (Å²) >= 11 is 0. The highest BCUT2D eigenvalue weighted by molar-refractivity contribution is 6.04. The van der Waals surface area contributed by atoms with Gasteiger partial charge in [-0.05, 0) is 23.8 Å². The van der Waals surface area contributed by atoms with Gasteiger partial charge in [0.1, 0.15) is 5.82 Å². The molecule has 0 aliphatic carbocycles. The van der Waals surface area contributed by atoms with Crippen LogP contribution in [-0.4, -0.2) is 48.4 Å². The number of carbonyl (C=O) groups excluding carboxylic acids is 2. The lowest BCUT2D eigenvalue weighted by atomic mass is 9.69. The van der Waals surface area contributed by atoms with Crippen molar-refractivity contribution in [2.45, 2.75) is 32.1 Å². The number of pyridine rings is 1. The van der Waals surface area contributed by atoms with Crippen molar-refractivity contribution in [3.05, 3.63) is 54.2 Å². The lowest BCUT2D eigenvalue weighted by molar-refractivity contribution is -0.253. The second kappa shape index (κ2) is 6.20. The van der Waals surface area contributed by atoms with Crippen molar-refractivity contribution in [2.24, 2.45) is 5.41 Å². The number of fused-ring (bicyclic) bond motifs is 4. The van der Waals surface area contributed by atoms with Crippen LogP contribution in [-0.2, 0) is 25.5 Å². The van der Waals surface area contributed by atoms with Crippen molar-refractivity contribution in [2.75, 3.05) is 29.4 Å². The lowest BCUT2D eigenvalue weighted by Crippen LogP contribution is -2.71. The summed E-state index contributed by atoms with van der Waals surface area (Å²) in [4.78, 5) is 35.4. The van der Waals surface area contributed by atoms with Crippen molar-refractivity contribution in [1.29, 1.82) is 0 Å². The van der Waals surface area contributed by atoms with Gasteiger partial charge in [-0.25, -0.2) is 4.98 Å². The summed E-state index contributed by atoms with van der Waals surface area (Å²) in [7, 11) is 0. The minimum absolute atomic E-state index is 0.272. The summed E-state index contributed by atoms with van der Waals surface area (Å²) in [6.07, 6.45) is 2.02. The summed E-state index contributed by atoms with van der Waals surface area (Å²) in [6.45, 7) is 5.07. The Morgan fingerprint density at radius 2 is 1.72 bits per heavy atom. The van der Waals surface area contributed by atoms with Crippen LogP contribution < -0.4 is 9.80 Å². The van der Waals surface area contributed by atoms with Crippen LogP contribution in [0.2, 0.25) is 0 Å². The van der Waals surface area contributed by atoms with E-state index in [2.05, 4.69) is 20.9 Å². The predicted molar refractivity (Wildman–Crippen MR) is 106 cm³/mol. The third-order valence-electron chi connectivity index (χ3n) is 6.10. The van der Waals surface area contributed by atoms with Crippen molar-refractivity contribution >= 4 is 23.4 Å². The van der Waals surface area contributed by atoms with Gasteiger partial charge in [0.15, 0.2) is 5.41 Å². The van der Waals surface area contributed by atoms with Gasteiger partial charge in [0.05, 0.1) is 6.04 Å². The van der Waals surface area contributed by atoms with Gasteiger partial charge in [-0.15, -0.1) is 0 Å². The molecule has 1 unspecified atom stereocenters. The number of cyclic esters (lactones) is 2. The molecule has 0 N–H and O–H groups in total. The van der Waals surface area contributed by atoms with E-state index < -0.39 is 29.2 Å². The smallest absolute Gasteiger partial charge is 0.329 e. The van der Waals surface area contributed by atoms with E-state index in [1.54, 1.807) is 20.0 Å². The molecule has 29 heavy (non-hydrogen) atoms. The van der Waals surface area contributed by atoms with Gasteiger partial charge >= 0.3 is 11.9 Å². The third kappa shape index (κ3) is 2.68. The average molecular weight is 393 g/mol. The minimum atomic E-state index is -1.39. The number of ether oxygens (including phenoxy) is 2. The number of aromatic nitrogens is 1. The van der Waals surface area contributed by atoms with Gasteiger partial charge in [0.25, 0.3) is 5.79 Å². The van der Waals surface area contributed by atoms with E-state index in [-0.39, 0.29) is 6.42 Å². The van der Waals surface area contributed by atoms with Crippen LogP contribution in [0.25, 0.3) is 0 Å². The molecular weight excluding hydrogens is 370 g/mol. The normalized spacial score (nSPS) is 24.4. The molecule has 150 valence electrons. The van der Waals surface area contributed by atoms with Crippen molar-refractivity contribution in [3.8, 4) is 0 Å². The minimum Gasteiger partial charge on any atom is -0.422 e. The molecule has 0 saturated carbocycles. The number of benzene rings is 1. The molecule has 3 aliphatic rings. The van der Waals surface area contributed by atoms with E-state index in [0.29, 0.717) is 13.1 Å². The van der Waals surface area contributed by atoms with Gasteiger partial charge in [-0.2, -0.15) is 0 Å². The fraction of sp³-hybridized carbons (Fsp3) is 0.409. The zero-order valence-electron chi connectivity index (χ0n) is 16.5. The Hall–Kier alpha value is -3.09. The summed E-state index contributed by atoms with van der Waals surface area (Å²) in [5, 5.41) is 0. The molecule has 0 amide bonds. The quantitative estimate of drug-likeness (QED) is 0.543. The number of anilines is 2. The second-order valence-electron chi connectivity index (χ2n) is 8.30. The number of piperazine rings is 1. The van der Waals surface area contributed by atoms with Crippen LogP contribution in [0.5, 0.6) is 0 Å². The van der Waals surface area contributed by atoms with Crippen LogP contribution in [0.4, 0.5) is 11.5 Å². The highest BCUT2D eigenvalue weighted by Gasteiger charge is 2.64. The molecule has 7 nitrogen and oxygen atoms in total. The van der Waals surface area contributed by atoms with E-state index in [9.17, 15) is 9.59 Å². The van der Waals surface area contributed by atoms with Gasteiger partial charge in [-0.1, -0.05) is 24.3 Å². The highest BCUT2D eigenvalue weighted by Crippen LogP contribution is 2.47. The number of rotatable bonds is 1. The van der Waals surface area contributed by atoms with Crippen LogP contribution in [0.15, 0.2) is 48.7 Å². The zero-order valence-corrected chi connectivity index (χ0v) is 16.5. The van der Waals surface area contributed by atoms with E-state index in [0.717, 1.165) is 23.6 Å². The van der Waals surface area contributed by atoms with E-state index in [4.69, 9.17) is 9.47 Å². The molecule has 7 heteroatoms. The number of hydrogen-bond donors (Lipinski definition) is 0. The van der Waals surface area contributed by atoms with Crippen molar-refractivity contribution in [1.82, 2.24) is 4.98 Å². The molecular formula is C22H23N3O4. The van der Waals surface area contributed by atoms with Crippen LogP contribution in [0.1, 0.15) is 19.4 Å². The first kappa shape index (κ1) is 18.0. The van der Waals surface area contributed by atoms with Crippen molar-refractivity contribution < 1.29 is 19.1 Å². The summed E-state index contributed by atoms with van der Waals surface area (Å²) in [5.41, 5.74) is 0.634. The van der Waals surface area contributed by atoms with E-state index >= 15 is 0 Å². The highest BCUT2D eigenvalue weighted by atomic mass is 16.7. The molecule has 3 aliphatic heterocycles. The van der Waals surface area contributed by atoms with Gasteiger partial charge in [-0.3, -0.25) is 9.59 Å². The molecule has 5 rings (SSSR count). The summed E-state index contributed by atoms with van der Waals surface area (Å²) < 4.78 is 11.2. The number of para-hydroxylation sites is 1. The Balaban J connectivity index is 1.61.